The van der Waals surface area contributed by atoms with Crippen molar-refractivity contribution in [2.24, 2.45) is 5.92 Å². The van der Waals surface area contributed by atoms with E-state index in [0.29, 0.717) is 0 Å². The molecule has 0 radical (unpaired) electrons. The van der Waals surface area contributed by atoms with Crippen molar-refractivity contribution in [1.82, 2.24) is 0 Å². The van der Waals surface area contributed by atoms with Crippen molar-refractivity contribution in [3.05, 3.63) is 0 Å². The van der Waals surface area contributed by atoms with E-state index >= 15 is 0 Å². The second-order valence-corrected chi connectivity index (χ2v) is 2.95. The summed E-state index contributed by atoms with van der Waals surface area (Å²) in [6.45, 7) is 1.94. The fourth-order valence-corrected chi connectivity index (χ4v) is 1.39. The maximum atomic E-state index is 12.6. The minimum absolute atomic E-state index is 0.0278. The van der Waals surface area contributed by atoms with Crippen molar-refractivity contribution in [3.8, 4) is 0 Å². The zero-order chi connectivity index (χ0) is 9.14. The van der Waals surface area contributed by atoms with Gasteiger partial charge >= 0.3 is 5.97 Å². The van der Waals surface area contributed by atoms with Gasteiger partial charge in [-0.15, -0.1) is 0 Å². The molecule has 4 heteroatoms. The molecule has 1 rings (SSSR count). The Labute approximate surface area is 69.9 Å². The molecule has 0 aromatic heterocycles. The topological polar surface area (TPSA) is 26.3 Å². The lowest BCUT2D eigenvalue weighted by molar-refractivity contribution is -0.148. The van der Waals surface area contributed by atoms with Crippen molar-refractivity contribution < 1.29 is 18.3 Å². The first-order valence-electron chi connectivity index (χ1n) is 4.10. The third-order valence-corrected chi connectivity index (χ3v) is 2.03. The molecule has 1 unspecified atom stereocenters. The minimum atomic E-state index is -1.49. The number of alkyl halides is 2. The van der Waals surface area contributed by atoms with Crippen molar-refractivity contribution in [2.75, 3.05) is 6.61 Å². The minimum Gasteiger partial charge on any atom is -0.466 e. The largest absolute Gasteiger partial charge is 0.466 e. The normalized spacial score (nSPS) is 35.1. The molecule has 1 saturated carbocycles. The van der Waals surface area contributed by atoms with E-state index in [2.05, 4.69) is 4.74 Å². The lowest BCUT2D eigenvalue weighted by atomic mass is 10.1. The van der Waals surface area contributed by atoms with Gasteiger partial charge in [-0.2, -0.15) is 0 Å². The molecule has 0 aromatic carbocycles. The van der Waals surface area contributed by atoms with Crippen LogP contribution in [0, 0.1) is 5.92 Å². The predicted octanol–water partition coefficient (Wildman–Crippen LogP) is 1.64. The molecule has 0 saturated heterocycles. The molecule has 0 aromatic rings. The van der Waals surface area contributed by atoms with Crippen LogP contribution in [0.1, 0.15) is 19.8 Å². The second-order valence-electron chi connectivity index (χ2n) is 2.95. The molecule has 70 valence electrons. The summed E-state index contributed by atoms with van der Waals surface area (Å²) < 4.78 is 29.8. The summed E-state index contributed by atoms with van der Waals surface area (Å²) in [6, 6.07) is 0. The Morgan fingerprint density at radius 3 is 2.33 bits per heavy atom. The van der Waals surface area contributed by atoms with Crippen molar-refractivity contribution >= 4 is 5.97 Å². The van der Waals surface area contributed by atoms with Crippen LogP contribution in [0.2, 0.25) is 0 Å². The summed E-state index contributed by atoms with van der Waals surface area (Å²) in [5, 5.41) is 0. The molecule has 0 aliphatic heterocycles. The van der Waals surface area contributed by atoms with E-state index in [0.717, 1.165) is 0 Å². The van der Waals surface area contributed by atoms with Gasteiger partial charge in [0.2, 0.25) is 0 Å². The summed E-state index contributed by atoms with van der Waals surface area (Å²) in [5.41, 5.74) is 0. The number of carbonyl (C=O) groups excluding carboxylic acids is 1. The molecule has 3 atom stereocenters. The molecule has 1 aliphatic carbocycles. The van der Waals surface area contributed by atoms with E-state index in [-0.39, 0.29) is 19.4 Å². The molecular weight excluding hydrogens is 166 g/mol. The van der Waals surface area contributed by atoms with Crippen LogP contribution in [-0.2, 0) is 9.53 Å². The molecule has 0 heterocycles. The molecule has 1 fully saturated rings. The summed E-state index contributed by atoms with van der Waals surface area (Å²) in [4.78, 5) is 11.0. The van der Waals surface area contributed by atoms with E-state index in [1.165, 1.54) is 0 Å². The van der Waals surface area contributed by atoms with Crippen molar-refractivity contribution in [1.29, 1.82) is 0 Å². The average Bonchev–Trinajstić information content (AvgIpc) is 2.33. The Bertz CT molecular complexity index is 162. The number of rotatable bonds is 2. The van der Waals surface area contributed by atoms with Gasteiger partial charge < -0.3 is 4.74 Å². The van der Waals surface area contributed by atoms with E-state index in [4.69, 9.17) is 0 Å². The Morgan fingerprint density at radius 1 is 1.42 bits per heavy atom. The standard InChI is InChI=1S/C8H12F2O2/c1-2-12-8(11)5-3-6(9)7(10)4-5/h5-7H,2-4H2,1H3/t5?,6-,7+. The van der Waals surface area contributed by atoms with Gasteiger partial charge in [0.1, 0.15) is 12.3 Å². The van der Waals surface area contributed by atoms with Gasteiger partial charge in [-0.05, 0) is 19.8 Å². The fourth-order valence-electron chi connectivity index (χ4n) is 1.39. The van der Waals surface area contributed by atoms with Crippen LogP contribution >= 0.6 is 0 Å². The highest BCUT2D eigenvalue weighted by atomic mass is 19.2. The van der Waals surface area contributed by atoms with Crippen LogP contribution in [-0.4, -0.2) is 24.9 Å². The monoisotopic (exact) mass is 178 g/mol. The van der Waals surface area contributed by atoms with Gasteiger partial charge in [0.15, 0.2) is 0 Å². The Balaban J connectivity index is 2.40. The van der Waals surface area contributed by atoms with E-state index in [1.807, 2.05) is 0 Å². The average molecular weight is 178 g/mol. The number of halogens is 2. The highest BCUT2D eigenvalue weighted by molar-refractivity contribution is 5.73. The third-order valence-electron chi connectivity index (χ3n) is 2.03. The smallest absolute Gasteiger partial charge is 0.309 e. The quantitative estimate of drug-likeness (QED) is 0.601. The van der Waals surface area contributed by atoms with Crippen LogP contribution in [0.25, 0.3) is 0 Å². The highest BCUT2D eigenvalue weighted by Crippen LogP contribution is 2.31. The van der Waals surface area contributed by atoms with Gasteiger partial charge in [0, 0.05) is 0 Å². The summed E-state index contributed by atoms with van der Waals surface area (Å²) in [6.07, 6.45) is -3.03. The molecule has 0 N–H and O–H groups in total. The fraction of sp³-hybridized carbons (Fsp3) is 0.875. The number of esters is 1. The lowest BCUT2D eigenvalue weighted by Gasteiger charge is -2.06. The Hall–Kier alpha value is -0.670. The number of hydrogen-bond acceptors (Lipinski definition) is 2. The first-order chi connectivity index (χ1) is 5.65. The molecular formula is C8H12F2O2. The number of ether oxygens (including phenoxy) is 1. The number of hydrogen-bond donors (Lipinski definition) is 0. The van der Waals surface area contributed by atoms with E-state index in [9.17, 15) is 13.6 Å². The molecule has 12 heavy (non-hydrogen) atoms. The SMILES string of the molecule is CCOC(=O)C1C[C@@H](F)[C@@H](F)C1. The number of carbonyl (C=O) groups is 1. The molecule has 0 spiro atoms. The van der Waals surface area contributed by atoms with Gasteiger partial charge in [-0.3, -0.25) is 4.79 Å². The molecule has 0 bridgehead atoms. The van der Waals surface area contributed by atoms with E-state index in [1.54, 1.807) is 6.92 Å². The second kappa shape index (κ2) is 3.83. The van der Waals surface area contributed by atoms with Crippen molar-refractivity contribution in [2.45, 2.75) is 32.1 Å². The first-order valence-corrected chi connectivity index (χ1v) is 4.10. The summed E-state index contributed by atoms with van der Waals surface area (Å²) in [7, 11) is 0. The van der Waals surface area contributed by atoms with Crippen LogP contribution in [0.4, 0.5) is 8.78 Å². The van der Waals surface area contributed by atoms with Crippen LogP contribution in [0.5, 0.6) is 0 Å². The van der Waals surface area contributed by atoms with Gasteiger partial charge in [0.05, 0.1) is 12.5 Å². The highest BCUT2D eigenvalue weighted by Gasteiger charge is 2.38. The maximum Gasteiger partial charge on any atom is 0.309 e. The van der Waals surface area contributed by atoms with Crippen LogP contribution in [0.15, 0.2) is 0 Å². The van der Waals surface area contributed by atoms with Crippen LogP contribution in [0.3, 0.4) is 0 Å². The van der Waals surface area contributed by atoms with Gasteiger partial charge in [-0.1, -0.05) is 0 Å². The lowest BCUT2D eigenvalue weighted by Crippen LogP contribution is -2.15. The zero-order valence-electron chi connectivity index (χ0n) is 6.93. The zero-order valence-corrected chi connectivity index (χ0v) is 6.93. The molecule has 1 aliphatic rings. The van der Waals surface area contributed by atoms with Gasteiger partial charge in [-0.25, -0.2) is 8.78 Å². The summed E-state index contributed by atoms with van der Waals surface area (Å²) >= 11 is 0. The molecule has 0 amide bonds. The van der Waals surface area contributed by atoms with Gasteiger partial charge in [0.25, 0.3) is 0 Å². The van der Waals surface area contributed by atoms with Crippen LogP contribution < -0.4 is 0 Å². The third kappa shape index (κ3) is 1.93. The predicted molar refractivity (Wildman–Crippen MR) is 39.1 cm³/mol. The Morgan fingerprint density at radius 2 is 1.92 bits per heavy atom. The maximum absolute atomic E-state index is 12.6. The summed E-state index contributed by atoms with van der Waals surface area (Å²) in [5.74, 6) is -1.05. The van der Waals surface area contributed by atoms with Crippen molar-refractivity contribution in [3.63, 3.8) is 0 Å². The van der Waals surface area contributed by atoms with E-state index < -0.39 is 24.2 Å². The first kappa shape index (κ1) is 9.42. The molecule has 2 nitrogen and oxygen atoms in total. The Kier molecular flexibility index (Phi) is 3.00.